The monoisotopic (exact) mass is 533 g/mol. The average molecular weight is 534 g/mol. The number of nitrogens with one attached hydrogen (secondary N) is 1. The Bertz CT molecular complexity index is 1380. The van der Waals surface area contributed by atoms with E-state index in [2.05, 4.69) is 23.7 Å². The van der Waals surface area contributed by atoms with Gasteiger partial charge in [0.2, 0.25) is 0 Å². The summed E-state index contributed by atoms with van der Waals surface area (Å²) in [4.78, 5) is 31.9. The van der Waals surface area contributed by atoms with E-state index >= 15 is 0 Å². The lowest BCUT2D eigenvalue weighted by atomic mass is 9.97. The van der Waals surface area contributed by atoms with Crippen LogP contribution in [0.3, 0.4) is 0 Å². The van der Waals surface area contributed by atoms with Crippen molar-refractivity contribution >= 4 is 22.8 Å². The Hall–Kier alpha value is -3.72. The largest absolute Gasteiger partial charge is 0.493 e. The number of ether oxygens (including phenoxy) is 1. The smallest absolute Gasteiger partial charge is 0.306 e. The molecule has 2 aromatic carbocycles. The highest BCUT2D eigenvalue weighted by atomic mass is 16.5. The summed E-state index contributed by atoms with van der Waals surface area (Å²) in [5, 5.41) is 16.7. The Morgan fingerprint density at radius 2 is 1.85 bits per heavy atom. The van der Waals surface area contributed by atoms with Crippen LogP contribution in [-0.4, -0.2) is 56.6 Å². The maximum atomic E-state index is 13.8. The zero-order valence-corrected chi connectivity index (χ0v) is 22.9. The number of nitrogens with zero attached hydrogens (tertiary/aromatic N) is 3. The number of unbranched alkanes of at least 4 members (excludes halogenated alkanes) is 2. The van der Waals surface area contributed by atoms with Gasteiger partial charge in [0.05, 0.1) is 24.1 Å². The Labute approximate surface area is 229 Å². The summed E-state index contributed by atoms with van der Waals surface area (Å²) in [6.45, 7) is 6.27. The molecular weight excluding hydrogens is 494 g/mol. The molecule has 3 aromatic rings. The predicted molar refractivity (Wildman–Crippen MR) is 154 cm³/mol. The maximum absolute atomic E-state index is 13.8. The fraction of sp³-hybridized carbons (Fsp3) is 0.467. The number of carbonyl (C=O) groups is 1. The minimum Gasteiger partial charge on any atom is -0.493 e. The van der Waals surface area contributed by atoms with E-state index in [0.29, 0.717) is 52.2 Å². The van der Waals surface area contributed by atoms with Crippen molar-refractivity contribution in [3.63, 3.8) is 0 Å². The first-order chi connectivity index (χ1) is 18.7. The van der Waals surface area contributed by atoms with Crippen molar-refractivity contribution in [3.8, 4) is 17.0 Å². The number of fused-ring (bicyclic) bond motifs is 1. The van der Waals surface area contributed by atoms with Crippen molar-refractivity contribution in [2.24, 2.45) is 5.73 Å². The van der Waals surface area contributed by atoms with Crippen LogP contribution in [-0.2, 0) is 11.3 Å². The molecule has 0 radical (unpaired) electrons. The van der Waals surface area contributed by atoms with Crippen LogP contribution in [0, 0.1) is 5.41 Å². The number of carboxylic acid groups (broad SMARTS) is 1. The molecule has 2 atom stereocenters. The molecule has 9 nitrogen and oxygen atoms in total. The van der Waals surface area contributed by atoms with Gasteiger partial charge in [0, 0.05) is 35.8 Å². The number of hydrogen-bond acceptors (Lipinski definition) is 6. The van der Waals surface area contributed by atoms with Crippen molar-refractivity contribution in [3.05, 3.63) is 58.4 Å². The number of hydrogen-bond donors (Lipinski definition) is 3. The number of benzene rings is 2. The molecule has 0 bridgehead atoms. The first kappa shape index (κ1) is 28.3. The molecule has 1 fully saturated rings. The molecule has 0 unspecified atom stereocenters. The van der Waals surface area contributed by atoms with Gasteiger partial charge in [-0.05, 0) is 64.3 Å². The molecule has 0 aliphatic carbocycles. The van der Waals surface area contributed by atoms with Crippen LogP contribution in [0.15, 0.2) is 47.3 Å². The number of aryl methyl sites for hydroxylation is 1. The molecule has 2 heterocycles. The number of piperidine rings is 1. The van der Waals surface area contributed by atoms with Crippen molar-refractivity contribution in [1.29, 1.82) is 5.41 Å². The number of aliphatic carboxylic acids is 1. The molecule has 4 rings (SSSR count). The first-order valence-corrected chi connectivity index (χ1v) is 13.8. The minimum atomic E-state index is -0.930. The number of likely N-dealkylation sites (tertiary alicyclic amines) is 1. The molecule has 9 heteroatoms. The minimum absolute atomic E-state index is 0.0434. The van der Waals surface area contributed by atoms with Gasteiger partial charge in [-0.15, -0.1) is 0 Å². The van der Waals surface area contributed by atoms with Crippen molar-refractivity contribution < 1.29 is 14.6 Å². The summed E-state index contributed by atoms with van der Waals surface area (Å²) in [5.41, 5.74) is 8.20. The van der Waals surface area contributed by atoms with Crippen LogP contribution in [0.5, 0.6) is 5.75 Å². The molecule has 1 aliphatic heterocycles. The van der Waals surface area contributed by atoms with E-state index in [4.69, 9.17) is 21.0 Å². The van der Waals surface area contributed by atoms with Crippen LogP contribution < -0.4 is 16.0 Å². The molecule has 1 aromatic heterocycles. The van der Waals surface area contributed by atoms with E-state index in [1.807, 2.05) is 0 Å². The van der Waals surface area contributed by atoms with Gasteiger partial charge in [0.1, 0.15) is 17.3 Å². The van der Waals surface area contributed by atoms with Crippen LogP contribution >= 0.6 is 0 Å². The van der Waals surface area contributed by atoms with Crippen LogP contribution in [0.2, 0.25) is 0 Å². The zero-order chi connectivity index (χ0) is 27.9. The SMILES string of the molecule is C[C@@H]1CCC[C@H](C)N1CCCCCn1c(=O)c(-c2cccc(C(=N)N)c2)nc2ccc(OCCC(=O)O)cc21. The van der Waals surface area contributed by atoms with E-state index in [1.165, 1.54) is 19.3 Å². The second-order valence-electron chi connectivity index (χ2n) is 10.5. The fourth-order valence-corrected chi connectivity index (χ4v) is 5.47. The summed E-state index contributed by atoms with van der Waals surface area (Å²) in [6, 6.07) is 13.5. The van der Waals surface area contributed by atoms with Crippen molar-refractivity contribution in [2.75, 3.05) is 13.2 Å². The number of nitrogen functional groups attached to an aromatic ring is 1. The third-order valence-electron chi connectivity index (χ3n) is 7.62. The van der Waals surface area contributed by atoms with Crippen molar-refractivity contribution in [2.45, 2.75) is 77.4 Å². The van der Waals surface area contributed by atoms with Gasteiger partial charge in [-0.25, -0.2) is 4.98 Å². The number of carboxylic acids is 1. The quantitative estimate of drug-likeness (QED) is 0.175. The lowest BCUT2D eigenvalue weighted by Crippen LogP contribution is -2.44. The molecule has 39 heavy (non-hydrogen) atoms. The predicted octanol–water partition coefficient (Wildman–Crippen LogP) is 4.63. The van der Waals surface area contributed by atoms with E-state index in [-0.39, 0.29) is 24.4 Å². The Morgan fingerprint density at radius 1 is 1.10 bits per heavy atom. The highest BCUT2D eigenvalue weighted by molar-refractivity contribution is 5.96. The molecule has 0 amide bonds. The lowest BCUT2D eigenvalue weighted by Gasteiger charge is -2.39. The molecule has 208 valence electrons. The number of aromatic nitrogens is 2. The highest BCUT2D eigenvalue weighted by Crippen LogP contribution is 2.25. The molecule has 4 N–H and O–H groups in total. The van der Waals surface area contributed by atoms with E-state index < -0.39 is 5.97 Å². The number of rotatable bonds is 12. The van der Waals surface area contributed by atoms with Gasteiger partial charge in [-0.3, -0.25) is 19.9 Å². The molecule has 1 aliphatic rings. The van der Waals surface area contributed by atoms with Gasteiger partial charge in [-0.2, -0.15) is 0 Å². The average Bonchev–Trinajstić information content (AvgIpc) is 2.90. The molecule has 1 saturated heterocycles. The van der Waals surface area contributed by atoms with E-state index in [9.17, 15) is 9.59 Å². The third kappa shape index (κ3) is 7.03. The summed E-state index contributed by atoms with van der Waals surface area (Å²) in [5.74, 6) is -0.503. The van der Waals surface area contributed by atoms with Gasteiger partial charge >= 0.3 is 5.97 Å². The van der Waals surface area contributed by atoms with E-state index in [0.717, 1.165) is 25.8 Å². The van der Waals surface area contributed by atoms with Crippen molar-refractivity contribution in [1.82, 2.24) is 14.5 Å². The van der Waals surface area contributed by atoms with Crippen LogP contribution in [0.25, 0.3) is 22.3 Å². The third-order valence-corrected chi connectivity index (χ3v) is 7.62. The summed E-state index contributed by atoms with van der Waals surface area (Å²) in [6.07, 6.45) is 6.62. The molecular formula is C30H39N5O4. The highest BCUT2D eigenvalue weighted by Gasteiger charge is 2.23. The van der Waals surface area contributed by atoms with Gasteiger partial charge in [-0.1, -0.05) is 31.0 Å². The summed E-state index contributed by atoms with van der Waals surface area (Å²) >= 11 is 0. The maximum Gasteiger partial charge on any atom is 0.306 e. The molecule has 0 saturated carbocycles. The topological polar surface area (TPSA) is 135 Å². The Balaban J connectivity index is 1.59. The normalized spacial score (nSPS) is 17.8. The van der Waals surface area contributed by atoms with Gasteiger partial charge < -0.3 is 20.1 Å². The Morgan fingerprint density at radius 3 is 2.56 bits per heavy atom. The second-order valence-corrected chi connectivity index (χ2v) is 10.5. The molecule has 0 spiro atoms. The standard InChI is InChI=1S/C30H39N5O4/c1-20-8-6-9-21(2)34(20)15-4-3-5-16-35-26-19-24(39-17-14-27(36)37)12-13-25(26)33-28(30(35)38)22-10-7-11-23(18-22)29(31)32/h7,10-13,18-21H,3-6,8-9,14-17H2,1-2H3,(H3,31,32)(H,36,37)/t20-,21+. The van der Waals surface area contributed by atoms with Gasteiger partial charge in [0.15, 0.2) is 0 Å². The summed E-state index contributed by atoms with van der Waals surface area (Å²) in [7, 11) is 0. The number of nitrogens with two attached hydrogens (primary N) is 1. The first-order valence-electron chi connectivity index (χ1n) is 13.8. The lowest BCUT2D eigenvalue weighted by molar-refractivity contribution is -0.137. The zero-order valence-electron chi connectivity index (χ0n) is 22.9. The van der Waals surface area contributed by atoms with Crippen LogP contribution in [0.4, 0.5) is 0 Å². The van der Waals surface area contributed by atoms with Crippen LogP contribution in [0.1, 0.15) is 64.4 Å². The van der Waals surface area contributed by atoms with Gasteiger partial charge in [0.25, 0.3) is 5.56 Å². The Kier molecular flexibility index (Phi) is 9.35. The second kappa shape index (κ2) is 12.9. The number of amidine groups is 1. The van der Waals surface area contributed by atoms with E-state index in [1.54, 1.807) is 47.0 Å². The summed E-state index contributed by atoms with van der Waals surface area (Å²) < 4.78 is 7.38. The fourth-order valence-electron chi connectivity index (χ4n) is 5.47.